The molecule has 0 heterocycles. The van der Waals surface area contributed by atoms with Crippen molar-refractivity contribution in [1.82, 2.24) is 0 Å². The molecule has 0 aliphatic rings. The van der Waals surface area contributed by atoms with Gasteiger partial charge < -0.3 is 4.74 Å². The van der Waals surface area contributed by atoms with Crippen LogP contribution in [0.5, 0.6) is 0 Å². The van der Waals surface area contributed by atoms with Crippen LogP contribution in [0.15, 0.2) is 12.1 Å². The lowest BCUT2D eigenvalue weighted by atomic mass is 9.85. The number of benzene rings is 1. The van der Waals surface area contributed by atoms with Crippen LogP contribution in [0.4, 0.5) is 0 Å². The Labute approximate surface area is 147 Å². The molecule has 0 bridgehead atoms. The molecule has 0 saturated heterocycles. The summed E-state index contributed by atoms with van der Waals surface area (Å²) in [5.41, 5.74) is 3.64. The topological polar surface area (TPSA) is 60.4 Å². The predicted octanol–water partition coefficient (Wildman–Crippen LogP) is 4.62. The fraction of sp³-hybridized carbons (Fsp3) is 0.579. The summed E-state index contributed by atoms with van der Waals surface area (Å²) in [4.78, 5) is 25.3. The van der Waals surface area contributed by atoms with Gasteiger partial charge in [-0.3, -0.25) is 9.59 Å². The molecule has 2 atom stereocenters. The lowest BCUT2D eigenvalue weighted by Crippen LogP contribution is -2.30. The van der Waals surface area contributed by atoms with E-state index in [9.17, 15) is 9.59 Å². The van der Waals surface area contributed by atoms with E-state index in [2.05, 4.69) is 0 Å². The van der Waals surface area contributed by atoms with Gasteiger partial charge in [-0.25, -0.2) is 0 Å². The third-order valence-electron chi connectivity index (χ3n) is 3.58. The second-order valence-corrected chi connectivity index (χ2v) is 6.81. The zero-order valence-electron chi connectivity index (χ0n) is 15.8. The van der Waals surface area contributed by atoms with Crippen molar-refractivity contribution < 1.29 is 18.9 Å². The molecule has 0 amide bonds. The molecule has 2 unspecified atom stereocenters. The quantitative estimate of drug-likeness (QED) is 0.324. The molecule has 24 heavy (non-hydrogen) atoms. The Kier molecular flexibility index (Phi) is 9.69. The average molecular weight is 353 g/mol. The maximum Gasteiger partial charge on any atom is 0.317 e. The first kappa shape index (κ1) is 22.5. The maximum atomic E-state index is 13.0. The number of aryl methyl sites for hydroxylation is 3. The highest BCUT2D eigenvalue weighted by atomic mass is 31.0. The highest BCUT2D eigenvalue weighted by Gasteiger charge is 2.32. The Hall–Kier alpha value is -1.54. The summed E-state index contributed by atoms with van der Waals surface area (Å²) in [6.07, 6.45) is 0.298. The Morgan fingerprint density at radius 1 is 1.00 bits per heavy atom. The van der Waals surface area contributed by atoms with Crippen molar-refractivity contribution in [3.63, 3.8) is 0 Å². The molecule has 0 fully saturated rings. The minimum atomic E-state index is -0.720. The van der Waals surface area contributed by atoms with E-state index < -0.39 is 11.9 Å². The zero-order chi connectivity index (χ0) is 19.0. The molecule has 0 saturated carbocycles. The second-order valence-electron chi connectivity index (χ2n) is 6.81. The van der Waals surface area contributed by atoms with Crippen LogP contribution in [-0.4, -0.2) is 17.9 Å². The van der Waals surface area contributed by atoms with Gasteiger partial charge >= 0.3 is 15.1 Å². The Morgan fingerprint density at radius 3 is 1.83 bits per heavy atom. The first-order valence-electron chi connectivity index (χ1n) is 8.19. The third kappa shape index (κ3) is 6.52. The highest BCUT2D eigenvalue weighted by molar-refractivity contribution is 7.00. The van der Waals surface area contributed by atoms with Crippen LogP contribution in [0.25, 0.3) is 0 Å². The van der Waals surface area contributed by atoms with E-state index in [-0.39, 0.29) is 17.8 Å². The molecule has 0 spiro atoms. The summed E-state index contributed by atoms with van der Waals surface area (Å²) in [6, 6.07) is 3.97. The van der Waals surface area contributed by atoms with Crippen LogP contribution in [0.3, 0.4) is 0 Å². The fourth-order valence-corrected chi connectivity index (χ4v) is 2.84. The van der Waals surface area contributed by atoms with E-state index in [0.29, 0.717) is 12.0 Å². The Bertz CT molecular complexity index is 556. The van der Waals surface area contributed by atoms with Crippen LogP contribution < -0.4 is 0 Å². The largest absolute Gasteiger partial charge is 0.462 e. The minimum absolute atomic E-state index is 0.116. The molecule has 0 aliphatic heterocycles. The molecule has 0 aromatic heterocycles. The van der Waals surface area contributed by atoms with E-state index in [1.54, 1.807) is 13.8 Å². The van der Waals surface area contributed by atoms with Gasteiger partial charge in [-0.05, 0) is 58.1 Å². The molecule has 5 heteroatoms. The smallest absolute Gasteiger partial charge is 0.317 e. The van der Waals surface area contributed by atoms with Gasteiger partial charge in [0, 0.05) is 5.56 Å². The maximum absolute atomic E-state index is 13.0. The molecule has 1 rings (SSSR count). The van der Waals surface area contributed by atoms with Crippen molar-refractivity contribution in [3.8, 4) is 0 Å². The first-order chi connectivity index (χ1) is 11.1. The number of ether oxygens (including phenoxy) is 1. The molecular formula is C19H30O4P+. The van der Waals surface area contributed by atoms with Crippen molar-refractivity contribution in [3.05, 3.63) is 34.4 Å². The van der Waals surface area contributed by atoms with Crippen molar-refractivity contribution >= 4 is 20.9 Å². The molecule has 1 aromatic carbocycles. The summed E-state index contributed by atoms with van der Waals surface area (Å²) in [5.74, 6) is -0.996. The molecule has 1 aromatic rings. The predicted molar refractivity (Wildman–Crippen MR) is 99.6 cm³/mol. The van der Waals surface area contributed by atoms with Gasteiger partial charge in [0.05, 0.1) is 6.10 Å². The van der Waals surface area contributed by atoms with Gasteiger partial charge in [-0.1, -0.05) is 36.1 Å². The summed E-state index contributed by atoms with van der Waals surface area (Å²) in [5, 5.41) is 0. The SMILES string of the molecule is Cc1cc(C)c(C(=O)C(CC(C)C)C(=O)OC(C)C)c(C)c1.O=[PH2+]. The standard InChI is InChI=1S/C19H28O3.H2OP/c1-11(2)8-16(19(21)22-12(3)4)18(20)17-14(6)9-13(5)10-15(17)7;1-2/h9-12,16H,8H2,1-7H3;2H2/q;+1. The lowest BCUT2D eigenvalue weighted by Gasteiger charge is -2.20. The van der Waals surface area contributed by atoms with Crippen molar-refractivity contribution in [2.24, 2.45) is 11.8 Å². The van der Waals surface area contributed by atoms with Crippen LogP contribution in [-0.2, 0) is 14.1 Å². The van der Waals surface area contributed by atoms with E-state index in [0.717, 1.165) is 16.7 Å². The van der Waals surface area contributed by atoms with Crippen molar-refractivity contribution in [2.75, 3.05) is 0 Å². The van der Waals surface area contributed by atoms with E-state index in [1.807, 2.05) is 46.8 Å². The molecule has 4 nitrogen and oxygen atoms in total. The third-order valence-corrected chi connectivity index (χ3v) is 3.58. The number of esters is 1. The molecule has 0 aliphatic carbocycles. The van der Waals surface area contributed by atoms with Crippen LogP contribution in [0.2, 0.25) is 0 Å². The first-order valence-corrected chi connectivity index (χ1v) is 8.66. The number of hydrogen-bond acceptors (Lipinski definition) is 4. The zero-order valence-corrected chi connectivity index (χ0v) is 17.0. The van der Waals surface area contributed by atoms with E-state index in [4.69, 9.17) is 9.30 Å². The van der Waals surface area contributed by atoms with Gasteiger partial charge in [-0.15, -0.1) is 0 Å². The van der Waals surface area contributed by atoms with E-state index >= 15 is 0 Å². The number of ketones is 1. The number of carbonyl (C=O) groups is 2. The number of carbonyl (C=O) groups excluding carboxylic acids is 2. The Balaban J connectivity index is 0.00000254. The highest BCUT2D eigenvalue weighted by Crippen LogP contribution is 2.25. The summed E-state index contributed by atoms with van der Waals surface area (Å²) in [7, 11) is 1.17. The van der Waals surface area contributed by atoms with Crippen LogP contribution in [0.1, 0.15) is 61.2 Å². The fourth-order valence-electron chi connectivity index (χ4n) is 2.84. The molecule has 134 valence electrons. The van der Waals surface area contributed by atoms with Gasteiger partial charge in [-0.2, -0.15) is 0 Å². The normalized spacial score (nSPS) is 11.7. The summed E-state index contributed by atoms with van der Waals surface area (Å²) < 4.78 is 13.5. The van der Waals surface area contributed by atoms with Gasteiger partial charge in [0.25, 0.3) is 0 Å². The molecule has 0 N–H and O–H groups in total. The van der Waals surface area contributed by atoms with Gasteiger partial charge in [0.1, 0.15) is 5.92 Å². The lowest BCUT2D eigenvalue weighted by molar-refractivity contribution is -0.151. The average Bonchev–Trinajstić information content (AvgIpc) is 2.44. The summed E-state index contributed by atoms with van der Waals surface area (Å²) in [6.45, 7) is 13.5. The number of Topliss-reactive ketones (excluding diaryl/α,β-unsaturated/α-hetero) is 1. The van der Waals surface area contributed by atoms with Crippen molar-refractivity contribution in [1.29, 1.82) is 0 Å². The minimum Gasteiger partial charge on any atom is -0.462 e. The molecular weight excluding hydrogens is 323 g/mol. The van der Waals surface area contributed by atoms with E-state index in [1.165, 1.54) is 9.12 Å². The van der Waals surface area contributed by atoms with Gasteiger partial charge in [0.2, 0.25) is 0 Å². The number of hydrogen-bond donors (Lipinski definition) is 0. The van der Waals surface area contributed by atoms with Crippen LogP contribution in [0, 0.1) is 32.6 Å². The Morgan fingerprint density at radius 2 is 1.46 bits per heavy atom. The van der Waals surface area contributed by atoms with Gasteiger partial charge in [0.15, 0.2) is 5.78 Å². The second kappa shape index (κ2) is 10.4. The monoisotopic (exact) mass is 353 g/mol. The number of rotatable bonds is 6. The molecule has 0 radical (unpaired) electrons. The van der Waals surface area contributed by atoms with Crippen molar-refractivity contribution in [2.45, 2.75) is 61.0 Å². The van der Waals surface area contributed by atoms with Crippen LogP contribution >= 0.6 is 9.12 Å². The summed E-state index contributed by atoms with van der Waals surface area (Å²) >= 11 is 0.